The smallest absolute Gasteiger partial charge is 0.353 e. The standard InChI is InChI=1S/C20H25FN6O2/c1-15-6-8-25(9-7-15)19-18(27(28)29)20(23-14-22-19)26-12-10-24(11-13-26)17-4-2-16(21)3-5-17/h2-5,14-15H,6-13H2,1H3. The number of anilines is 3. The molecule has 1 aromatic carbocycles. The van der Waals surface area contributed by atoms with E-state index in [2.05, 4.69) is 21.8 Å². The van der Waals surface area contributed by atoms with Gasteiger partial charge in [-0.3, -0.25) is 10.1 Å². The minimum absolute atomic E-state index is 0.00251. The molecule has 8 nitrogen and oxygen atoms in total. The van der Waals surface area contributed by atoms with Gasteiger partial charge >= 0.3 is 5.69 Å². The topological polar surface area (TPSA) is 78.6 Å². The van der Waals surface area contributed by atoms with Crippen LogP contribution in [0.5, 0.6) is 0 Å². The molecule has 0 amide bonds. The van der Waals surface area contributed by atoms with Gasteiger partial charge in [0.1, 0.15) is 12.1 Å². The van der Waals surface area contributed by atoms with E-state index in [1.165, 1.54) is 18.5 Å². The fourth-order valence-corrected chi connectivity index (χ4v) is 4.04. The Morgan fingerprint density at radius 1 is 0.931 bits per heavy atom. The Bertz CT molecular complexity index is 862. The van der Waals surface area contributed by atoms with Crippen LogP contribution in [0.15, 0.2) is 30.6 Å². The first-order chi connectivity index (χ1) is 14.0. The maximum Gasteiger partial charge on any atom is 0.353 e. The van der Waals surface area contributed by atoms with Crippen molar-refractivity contribution in [1.82, 2.24) is 9.97 Å². The Kier molecular flexibility index (Phi) is 5.46. The van der Waals surface area contributed by atoms with Crippen LogP contribution in [0.2, 0.25) is 0 Å². The van der Waals surface area contributed by atoms with Crippen LogP contribution in [0.4, 0.5) is 27.4 Å². The summed E-state index contributed by atoms with van der Waals surface area (Å²) in [6.07, 6.45) is 3.45. The fourth-order valence-electron chi connectivity index (χ4n) is 4.04. The van der Waals surface area contributed by atoms with Crippen LogP contribution >= 0.6 is 0 Å². The Labute approximate surface area is 169 Å². The molecule has 2 fully saturated rings. The summed E-state index contributed by atoms with van der Waals surface area (Å²) >= 11 is 0. The van der Waals surface area contributed by atoms with Crippen LogP contribution in [0.1, 0.15) is 19.8 Å². The number of hydrogen-bond donors (Lipinski definition) is 0. The van der Waals surface area contributed by atoms with Crippen molar-refractivity contribution in [2.24, 2.45) is 5.92 Å². The number of piperazine rings is 1. The second kappa shape index (κ2) is 8.18. The Morgan fingerprint density at radius 2 is 1.45 bits per heavy atom. The zero-order chi connectivity index (χ0) is 20.4. The summed E-state index contributed by atoms with van der Waals surface area (Å²) in [6, 6.07) is 6.41. The van der Waals surface area contributed by atoms with E-state index in [0.29, 0.717) is 43.7 Å². The Balaban J connectivity index is 1.53. The van der Waals surface area contributed by atoms with Gasteiger partial charge in [0.05, 0.1) is 4.92 Å². The zero-order valence-electron chi connectivity index (χ0n) is 16.5. The summed E-state index contributed by atoms with van der Waals surface area (Å²) < 4.78 is 13.2. The quantitative estimate of drug-likeness (QED) is 0.576. The molecule has 154 valence electrons. The fraction of sp³-hybridized carbons (Fsp3) is 0.500. The maximum atomic E-state index is 13.2. The molecular formula is C20H25FN6O2. The molecule has 0 unspecified atom stereocenters. The molecule has 2 aromatic rings. The van der Waals surface area contributed by atoms with Gasteiger partial charge in [-0.05, 0) is 43.0 Å². The molecule has 1 aromatic heterocycles. The third kappa shape index (κ3) is 4.08. The number of piperidine rings is 1. The highest BCUT2D eigenvalue weighted by Crippen LogP contribution is 2.36. The van der Waals surface area contributed by atoms with E-state index in [4.69, 9.17) is 0 Å². The summed E-state index contributed by atoms with van der Waals surface area (Å²) in [6.45, 7) is 6.33. The molecule has 0 saturated carbocycles. The van der Waals surface area contributed by atoms with Crippen molar-refractivity contribution < 1.29 is 9.31 Å². The number of aromatic nitrogens is 2. The van der Waals surface area contributed by atoms with E-state index in [1.807, 2.05) is 9.80 Å². The third-order valence-electron chi connectivity index (χ3n) is 5.82. The predicted molar refractivity (Wildman–Crippen MR) is 110 cm³/mol. The third-order valence-corrected chi connectivity index (χ3v) is 5.82. The van der Waals surface area contributed by atoms with Crippen molar-refractivity contribution in [1.29, 1.82) is 0 Å². The first-order valence-electron chi connectivity index (χ1n) is 10.0. The molecule has 0 bridgehead atoms. The Morgan fingerprint density at radius 3 is 2.00 bits per heavy atom. The average molecular weight is 400 g/mol. The molecule has 0 spiro atoms. The van der Waals surface area contributed by atoms with E-state index >= 15 is 0 Å². The van der Waals surface area contributed by atoms with E-state index in [1.54, 1.807) is 12.1 Å². The van der Waals surface area contributed by atoms with Crippen molar-refractivity contribution in [3.8, 4) is 0 Å². The van der Waals surface area contributed by atoms with Gasteiger partial charge in [0.2, 0.25) is 11.6 Å². The van der Waals surface area contributed by atoms with Crippen molar-refractivity contribution in [2.45, 2.75) is 19.8 Å². The van der Waals surface area contributed by atoms with Crippen LogP contribution < -0.4 is 14.7 Å². The van der Waals surface area contributed by atoms with Crippen molar-refractivity contribution in [2.75, 3.05) is 54.0 Å². The van der Waals surface area contributed by atoms with E-state index < -0.39 is 0 Å². The molecule has 4 rings (SSSR count). The molecule has 2 aliphatic heterocycles. The van der Waals surface area contributed by atoms with Crippen LogP contribution in [0.25, 0.3) is 0 Å². The van der Waals surface area contributed by atoms with Crippen molar-refractivity contribution in [3.05, 3.63) is 46.5 Å². The molecule has 0 atom stereocenters. The SMILES string of the molecule is CC1CCN(c2ncnc(N3CCN(c4ccc(F)cc4)CC3)c2[N+](=O)[O-])CC1. The second-order valence-electron chi connectivity index (χ2n) is 7.75. The lowest BCUT2D eigenvalue weighted by Gasteiger charge is -2.37. The minimum Gasteiger partial charge on any atom is -0.368 e. The highest BCUT2D eigenvalue weighted by Gasteiger charge is 2.32. The van der Waals surface area contributed by atoms with Gasteiger partial charge in [-0.25, -0.2) is 14.4 Å². The normalized spacial score (nSPS) is 18.2. The summed E-state index contributed by atoms with van der Waals surface area (Å²) in [5.74, 6) is 1.18. The number of nitro groups is 1. The lowest BCUT2D eigenvalue weighted by atomic mass is 9.99. The first kappa shape index (κ1) is 19.4. The molecule has 0 aliphatic carbocycles. The number of halogens is 1. The number of benzene rings is 1. The molecule has 29 heavy (non-hydrogen) atoms. The molecule has 9 heteroatoms. The number of hydrogen-bond acceptors (Lipinski definition) is 7. The summed E-state index contributed by atoms with van der Waals surface area (Å²) in [7, 11) is 0. The van der Waals surface area contributed by atoms with Crippen LogP contribution in [0, 0.1) is 21.8 Å². The van der Waals surface area contributed by atoms with Gasteiger partial charge in [0, 0.05) is 45.0 Å². The molecular weight excluding hydrogens is 375 g/mol. The highest BCUT2D eigenvalue weighted by atomic mass is 19.1. The molecule has 2 aliphatic rings. The number of rotatable bonds is 4. The zero-order valence-corrected chi connectivity index (χ0v) is 16.5. The van der Waals surface area contributed by atoms with Crippen LogP contribution in [-0.4, -0.2) is 54.2 Å². The van der Waals surface area contributed by atoms with Crippen molar-refractivity contribution >= 4 is 23.0 Å². The van der Waals surface area contributed by atoms with Gasteiger partial charge in [0.25, 0.3) is 0 Å². The minimum atomic E-state index is -0.352. The summed E-state index contributed by atoms with van der Waals surface area (Å²) in [4.78, 5) is 26.3. The molecule has 3 heterocycles. The van der Waals surface area contributed by atoms with Gasteiger partial charge in [-0.1, -0.05) is 6.92 Å². The molecule has 2 saturated heterocycles. The van der Waals surface area contributed by atoms with Gasteiger partial charge in [0.15, 0.2) is 0 Å². The lowest BCUT2D eigenvalue weighted by Crippen LogP contribution is -2.47. The van der Waals surface area contributed by atoms with E-state index in [0.717, 1.165) is 31.6 Å². The highest BCUT2D eigenvalue weighted by molar-refractivity contribution is 5.71. The number of nitrogens with zero attached hydrogens (tertiary/aromatic N) is 6. The predicted octanol–water partition coefficient (Wildman–Crippen LogP) is 3.09. The summed E-state index contributed by atoms with van der Waals surface area (Å²) in [5.41, 5.74) is 0.948. The molecule has 0 radical (unpaired) electrons. The van der Waals surface area contributed by atoms with E-state index in [9.17, 15) is 14.5 Å². The largest absolute Gasteiger partial charge is 0.368 e. The molecule has 0 N–H and O–H groups in total. The van der Waals surface area contributed by atoms with Crippen LogP contribution in [0.3, 0.4) is 0 Å². The van der Waals surface area contributed by atoms with Gasteiger partial charge in [-0.15, -0.1) is 0 Å². The van der Waals surface area contributed by atoms with Crippen molar-refractivity contribution in [3.63, 3.8) is 0 Å². The van der Waals surface area contributed by atoms with Crippen LogP contribution in [-0.2, 0) is 0 Å². The van der Waals surface area contributed by atoms with E-state index in [-0.39, 0.29) is 16.4 Å². The second-order valence-corrected chi connectivity index (χ2v) is 7.75. The monoisotopic (exact) mass is 400 g/mol. The first-order valence-corrected chi connectivity index (χ1v) is 10.0. The maximum absolute atomic E-state index is 13.2. The summed E-state index contributed by atoms with van der Waals surface area (Å²) in [5, 5.41) is 11.9. The average Bonchev–Trinajstić information content (AvgIpc) is 2.74. The van der Waals surface area contributed by atoms with Gasteiger partial charge in [-0.2, -0.15) is 0 Å². The Hall–Kier alpha value is -2.97. The van der Waals surface area contributed by atoms with Gasteiger partial charge < -0.3 is 14.7 Å². The lowest BCUT2D eigenvalue weighted by molar-refractivity contribution is -0.383.